The first-order valence-electron chi connectivity index (χ1n) is 8.06. The molecule has 0 spiro atoms. The summed E-state index contributed by atoms with van der Waals surface area (Å²) in [6.07, 6.45) is 11.5. The van der Waals surface area contributed by atoms with Gasteiger partial charge in [0.05, 0.1) is 0 Å². The number of carbonyl (C=O) groups is 1. The number of carbonyl (C=O) groups excluding carboxylic acids is 1. The van der Waals surface area contributed by atoms with Gasteiger partial charge in [0.25, 0.3) is 0 Å². The maximum atomic E-state index is 12.6. The minimum Gasteiger partial charge on any atom is -0.356 e. The van der Waals surface area contributed by atoms with Crippen molar-refractivity contribution in [2.75, 3.05) is 11.0 Å². The van der Waals surface area contributed by atoms with Gasteiger partial charge in [-0.15, -0.1) is 0 Å². The average Bonchev–Trinajstić information content (AvgIpc) is 2.36. The minimum absolute atomic E-state index is 0.0536. The van der Waals surface area contributed by atoms with Crippen LogP contribution in [0.25, 0.3) is 0 Å². The van der Waals surface area contributed by atoms with Gasteiger partial charge in [-0.05, 0) is 73.5 Å². The molecule has 4 fully saturated rings. The highest BCUT2D eigenvalue weighted by Crippen LogP contribution is 2.60. The van der Waals surface area contributed by atoms with Gasteiger partial charge in [-0.3, -0.25) is 4.79 Å². The van der Waals surface area contributed by atoms with Gasteiger partial charge < -0.3 is 5.32 Å². The second-order valence-electron chi connectivity index (χ2n) is 7.20. The number of unbranched alkanes of at least 4 members (excludes halogenated alkanes) is 2. The molecule has 0 heterocycles. The predicted octanol–water partition coefficient (Wildman–Crippen LogP) is 3.92. The minimum atomic E-state index is 0.0536. The number of halogens is 1. The van der Waals surface area contributed by atoms with Crippen molar-refractivity contribution in [2.45, 2.75) is 57.8 Å². The molecule has 0 aliphatic heterocycles. The van der Waals surface area contributed by atoms with Crippen molar-refractivity contribution in [2.24, 2.45) is 23.2 Å². The topological polar surface area (TPSA) is 29.1 Å². The molecule has 108 valence electrons. The molecule has 0 radical (unpaired) electrons. The Morgan fingerprint density at radius 3 is 2.11 bits per heavy atom. The van der Waals surface area contributed by atoms with E-state index in [4.69, 9.17) is 0 Å². The number of hydrogen-bond donors (Lipinski definition) is 1. The van der Waals surface area contributed by atoms with Crippen LogP contribution in [0, 0.1) is 23.2 Å². The lowest BCUT2D eigenvalue weighted by Gasteiger charge is -2.55. The Hall–Kier alpha value is 0.200. The van der Waals surface area contributed by atoms with E-state index in [0.717, 1.165) is 30.7 Å². The third-order valence-corrected chi connectivity index (χ3v) is 6.38. The normalized spacial score (nSPS) is 39.5. The number of amides is 1. The fourth-order valence-corrected chi connectivity index (χ4v) is 5.71. The van der Waals surface area contributed by atoms with E-state index >= 15 is 0 Å². The number of nitrogens with one attached hydrogen (secondary N) is 1. The zero-order chi connectivity index (χ0) is 13.3. The van der Waals surface area contributed by atoms with Crippen molar-refractivity contribution < 1.29 is 4.79 Å². The fourth-order valence-electron chi connectivity index (χ4n) is 5.17. The van der Waals surface area contributed by atoms with Crippen LogP contribution in [0.1, 0.15) is 57.8 Å². The van der Waals surface area contributed by atoms with Gasteiger partial charge in [0.15, 0.2) is 0 Å². The third-order valence-electron chi connectivity index (χ3n) is 5.62. The quantitative estimate of drug-likeness (QED) is 0.426. The van der Waals surface area contributed by atoms with Crippen LogP contribution in [0.3, 0.4) is 0 Å². The van der Waals surface area contributed by atoms with Crippen LogP contribution < -0.4 is 5.32 Å². The van der Waals surface area contributed by atoms with Crippen molar-refractivity contribution in [1.29, 1.82) is 0 Å². The Bertz CT molecular complexity index is 306. The largest absolute Gasteiger partial charge is 0.356 e. The van der Waals surface area contributed by atoms with Crippen LogP contribution >= 0.6 is 22.6 Å². The SMILES string of the molecule is O=C(NCCCCCI)C12CC3CC(CC(C3)C1)C2. The summed E-state index contributed by atoms with van der Waals surface area (Å²) in [6.45, 7) is 0.900. The first kappa shape index (κ1) is 14.2. The molecule has 0 saturated heterocycles. The van der Waals surface area contributed by atoms with Crippen molar-refractivity contribution in [3.8, 4) is 0 Å². The highest BCUT2D eigenvalue weighted by Gasteiger charge is 2.54. The standard InChI is InChI=1S/C16H26INO/c17-4-2-1-3-5-18-15(19)16-9-12-6-13(10-16)8-14(7-12)11-16/h12-14H,1-11H2,(H,18,19). The van der Waals surface area contributed by atoms with Crippen molar-refractivity contribution in [3.05, 3.63) is 0 Å². The van der Waals surface area contributed by atoms with E-state index in [0.29, 0.717) is 5.91 Å². The molecular weight excluding hydrogens is 349 g/mol. The molecule has 19 heavy (non-hydrogen) atoms. The molecule has 1 N–H and O–H groups in total. The first-order chi connectivity index (χ1) is 9.22. The van der Waals surface area contributed by atoms with E-state index in [1.807, 2.05) is 0 Å². The van der Waals surface area contributed by atoms with E-state index in [1.165, 1.54) is 55.8 Å². The van der Waals surface area contributed by atoms with Crippen LogP contribution in [-0.4, -0.2) is 16.9 Å². The van der Waals surface area contributed by atoms with Gasteiger partial charge in [-0.2, -0.15) is 0 Å². The molecule has 1 amide bonds. The van der Waals surface area contributed by atoms with E-state index in [9.17, 15) is 4.79 Å². The summed E-state index contributed by atoms with van der Waals surface area (Å²) in [5.74, 6) is 3.02. The molecule has 4 aliphatic carbocycles. The molecule has 3 heteroatoms. The van der Waals surface area contributed by atoms with Gasteiger partial charge in [0, 0.05) is 12.0 Å². The van der Waals surface area contributed by atoms with Gasteiger partial charge in [-0.1, -0.05) is 29.0 Å². The van der Waals surface area contributed by atoms with Crippen molar-refractivity contribution in [1.82, 2.24) is 5.32 Å². The van der Waals surface area contributed by atoms with Crippen LogP contribution in [0.2, 0.25) is 0 Å². The van der Waals surface area contributed by atoms with Crippen LogP contribution in [0.15, 0.2) is 0 Å². The van der Waals surface area contributed by atoms with Crippen LogP contribution in [-0.2, 0) is 4.79 Å². The number of rotatable bonds is 6. The molecule has 0 unspecified atom stereocenters. The number of hydrogen-bond acceptors (Lipinski definition) is 1. The molecule has 4 bridgehead atoms. The summed E-state index contributed by atoms with van der Waals surface area (Å²) in [6, 6.07) is 0. The Morgan fingerprint density at radius 1 is 1.00 bits per heavy atom. The molecule has 2 nitrogen and oxygen atoms in total. The molecule has 4 rings (SSSR count). The number of alkyl halides is 1. The highest BCUT2D eigenvalue weighted by molar-refractivity contribution is 14.1. The van der Waals surface area contributed by atoms with Gasteiger partial charge in [-0.25, -0.2) is 0 Å². The Labute approximate surface area is 130 Å². The average molecular weight is 375 g/mol. The van der Waals surface area contributed by atoms with E-state index in [1.54, 1.807) is 0 Å². The lowest BCUT2D eigenvalue weighted by Crippen LogP contribution is -2.53. The lowest BCUT2D eigenvalue weighted by atomic mass is 9.49. The Kier molecular flexibility index (Phi) is 4.40. The maximum absolute atomic E-state index is 12.6. The molecular formula is C16H26INO. The fraction of sp³-hybridized carbons (Fsp3) is 0.938. The lowest BCUT2D eigenvalue weighted by molar-refractivity contribution is -0.146. The molecule has 0 atom stereocenters. The highest BCUT2D eigenvalue weighted by atomic mass is 127. The summed E-state index contributed by atoms with van der Waals surface area (Å²) in [5, 5.41) is 3.26. The summed E-state index contributed by atoms with van der Waals surface area (Å²) >= 11 is 2.43. The van der Waals surface area contributed by atoms with Gasteiger partial charge in [0.1, 0.15) is 0 Å². The Balaban J connectivity index is 1.52. The Morgan fingerprint density at radius 2 is 1.58 bits per heavy atom. The molecule has 4 aliphatic rings. The second-order valence-corrected chi connectivity index (χ2v) is 8.28. The van der Waals surface area contributed by atoms with Gasteiger partial charge >= 0.3 is 0 Å². The van der Waals surface area contributed by atoms with Gasteiger partial charge in [0.2, 0.25) is 5.91 Å². The zero-order valence-corrected chi connectivity index (χ0v) is 14.0. The van der Waals surface area contributed by atoms with Crippen molar-refractivity contribution in [3.63, 3.8) is 0 Å². The molecule has 0 aromatic carbocycles. The monoisotopic (exact) mass is 375 g/mol. The molecule has 4 saturated carbocycles. The zero-order valence-electron chi connectivity index (χ0n) is 11.8. The molecule has 0 aromatic heterocycles. The smallest absolute Gasteiger partial charge is 0.226 e. The summed E-state index contributed by atoms with van der Waals surface area (Å²) < 4.78 is 1.24. The van der Waals surface area contributed by atoms with E-state index in [-0.39, 0.29) is 5.41 Å². The molecule has 0 aromatic rings. The summed E-state index contributed by atoms with van der Waals surface area (Å²) in [4.78, 5) is 12.6. The summed E-state index contributed by atoms with van der Waals surface area (Å²) in [7, 11) is 0. The van der Waals surface area contributed by atoms with Crippen LogP contribution in [0.5, 0.6) is 0 Å². The summed E-state index contributed by atoms with van der Waals surface area (Å²) in [5.41, 5.74) is 0.0536. The third kappa shape index (κ3) is 2.96. The predicted molar refractivity (Wildman–Crippen MR) is 86.4 cm³/mol. The van der Waals surface area contributed by atoms with E-state index in [2.05, 4.69) is 27.9 Å². The first-order valence-corrected chi connectivity index (χ1v) is 9.59. The van der Waals surface area contributed by atoms with Crippen LogP contribution in [0.4, 0.5) is 0 Å². The maximum Gasteiger partial charge on any atom is 0.226 e. The second kappa shape index (κ2) is 5.90. The van der Waals surface area contributed by atoms with Crippen molar-refractivity contribution >= 4 is 28.5 Å². The van der Waals surface area contributed by atoms with E-state index < -0.39 is 0 Å².